The van der Waals surface area contributed by atoms with E-state index in [1.54, 1.807) is 18.2 Å². The van der Waals surface area contributed by atoms with Crippen molar-refractivity contribution < 1.29 is 14.3 Å². The number of carbonyl (C=O) groups excluding carboxylic acids is 1. The molecule has 2 aromatic carbocycles. The van der Waals surface area contributed by atoms with Crippen molar-refractivity contribution >= 4 is 5.91 Å². The van der Waals surface area contributed by atoms with Crippen LogP contribution in [-0.2, 0) is 0 Å². The molecule has 0 saturated heterocycles. The first-order chi connectivity index (χ1) is 11.1. The van der Waals surface area contributed by atoms with Crippen molar-refractivity contribution in [3.05, 3.63) is 59.7 Å². The smallest absolute Gasteiger partial charge is 0.251 e. The first kappa shape index (κ1) is 15.4. The predicted octanol–water partition coefficient (Wildman–Crippen LogP) is 3.93. The van der Waals surface area contributed by atoms with E-state index in [0.29, 0.717) is 23.0 Å². The number of carbonyl (C=O) groups is 1. The molecule has 1 heterocycles. The Kier molecular flexibility index (Phi) is 4.51. The molecule has 0 aliphatic carbocycles. The van der Waals surface area contributed by atoms with Gasteiger partial charge in [-0.15, -0.1) is 0 Å². The van der Waals surface area contributed by atoms with E-state index in [1.165, 1.54) is 0 Å². The van der Waals surface area contributed by atoms with Crippen molar-refractivity contribution in [1.82, 2.24) is 5.32 Å². The molecule has 4 nitrogen and oxygen atoms in total. The molecule has 1 unspecified atom stereocenters. The molecule has 23 heavy (non-hydrogen) atoms. The van der Waals surface area contributed by atoms with Crippen molar-refractivity contribution in [2.75, 3.05) is 6.79 Å². The zero-order chi connectivity index (χ0) is 16.2. The Labute approximate surface area is 136 Å². The second-order valence-corrected chi connectivity index (χ2v) is 6.13. The van der Waals surface area contributed by atoms with Gasteiger partial charge in [-0.2, -0.15) is 0 Å². The van der Waals surface area contributed by atoms with Crippen LogP contribution in [0.1, 0.15) is 42.2 Å². The molecule has 1 aliphatic heterocycles. The topological polar surface area (TPSA) is 47.6 Å². The van der Waals surface area contributed by atoms with Gasteiger partial charge in [-0.05, 0) is 36.1 Å². The summed E-state index contributed by atoms with van der Waals surface area (Å²) < 4.78 is 10.6. The Morgan fingerprint density at radius 2 is 1.83 bits per heavy atom. The summed E-state index contributed by atoms with van der Waals surface area (Å²) >= 11 is 0. The standard InChI is InChI=1S/C19H21NO3/c1-13(2)10-16(14-6-4-3-5-7-14)20-19(21)15-8-9-17-18(11-15)23-12-22-17/h3-9,11,13,16H,10,12H2,1-2H3,(H,20,21). The molecule has 0 bridgehead atoms. The van der Waals surface area contributed by atoms with Crippen LogP contribution in [0.5, 0.6) is 11.5 Å². The van der Waals surface area contributed by atoms with Gasteiger partial charge in [0.25, 0.3) is 5.91 Å². The summed E-state index contributed by atoms with van der Waals surface area (Å²) in [6.07, 6.45) is 0.889. The normalized spacial score (nSPS) is 13.9. The van der Waals surface area contributed by atoms with Crippen molar-refractivity contribution in [3.63, 3.8) is 0 Å². The summed E-state index contributed by atoms with van der Waals surface area (Å²) in [6.45, 7) is 4.52. The number of nitrogens with one attached hydrogen (secondary N) is 1. The monoisotopic (exact) mass is 311 g/mol. The minimum atomic E-state index is -0.0993. The molecule has 120 valence electrons. The average Bonchev–Trinajstić information content (AvgIpc) is 3.02. The minimum absolute atomic E-state index is 0.00544. The summed E-state index contributed by atoms with van der Waals surface area (Å²) in [6, 6.07) is 15.3. The Bertz CT molecular complexity index is 682. The maximum absolute atomic E-state index is 12.6. The van der Waals surface area contributed by atoms with Gasteiger partial charge in [-0.3, -0.25) is 4.79 Å². The summed E-state index contributed by atoms with van der Waals surface area (Å²) in [7, 11) is 0. The van der Waals surface area contributed by atoms with Gasteiger partial charge in [0.05, 0.1) is 6.04 Å². The molecule has 1 atom stereocenters. The largest absolute Gasteiger partial charge is 0.454 e. The molecule has 3 rings (SSSR count). The van der Waals surface area contributed by atoms with Gasteiger partial charge in [0.1, 0.15) is 0 Å². The zero-order valence-electron chi connectivity index (χ0n) is 13.4. The van der Waals surface area contributed by atoms with Crippen LogP contribution in [-0.4, -0.2) is 12.7 Å². The number of rotatable bonds is 5. The SMILES string of the molecule is CC(C)CC(NC(=O)c1ccc2c(c1)OCO2)c1ccccc1. The lowest BCUT2D eigenvalue weighted by molar-refractivity contribution is 0.0931. The van der Waals surface area contributed by atoms with Crippen molar-refractivity contribution in [3.8, 4) is 11.5 Å². The average molecular weight is 311 g/mol. The van der Waals surface area contributed by atoms with E-state index in [2.05, 4.69) is 19.2 Å². The fraction of sp³-hybridized carbons (Fsp3) is 0.316. The number of fused-ring (bicyclic) bond motifs is 1. The summed E-state index contributed by atoms with van der Waals surface area (Å²) in [5.74, 6) is 1.69. The van der Waals surface area contributed by atoms with Gasteiger partial charge in [-0.1, -0.05) is 44.2 Å². The highest BCUT2D eigenvalue weighted by molar-refractivity contribution is 5.95. The molecule has 0 radical (unpaired) electrons. The predicted molar refractivity (Wildman–Crippen MR) is 88.7 cm³/mol. The summed E-state index contributed by atoms with van der Waals surface area (Å²) in [4.78, 5) is 12.6. The Balaban J connectivity index is 1.78. The third kappa shape index (κ3) is 3.65. The number of hydrogen-bond acceptors (Lipinski definition) is 3. The number of amides is 1. The number of benzene rings is 2. The molecule has 1 aliphatic rings. The van der Waals surface area contributed by atoms with Crippen LogP contribution in [0.2, 0.25) is 0 Å². The summed E-state index contributed by atoms with van der Waals surface area (Å²) in [5.41, 5.74) is 1.70. The molecule has 0 fully saturated rings. The van der Waals surface area contributed by atoms with Gasteiger partial charge in [0.15, 0.2) is 11.5 Å². The molecule has 0 aromatic heterocycles. The molecule has 0 spiro atoms. The lowest BCUT2D eigenvalue weighted by Gasteiger charge is -2.21. The van der Waals surface area contributed by atoms with Gasteiger partial charge in [0.2, 0.25) is 6.79 Å². The third-order valence-corrected chi connectivity index (χ3v) is 3.85. The van der Waals surface area contributed by atoms with Crippen molar-refractivity contribution in [2.24, 2.45) is 5.92 Å². The first-order valence-corrected chi connectivity index (χ1v) is 7.89. The highest BCUT2D eigenvalue weighted by Gasteiger charge is 2.20. The van der Waals surface area contributed by atoms with Crippen LogP contribution >= 0.6 is 0 Å². The Morgan fingerprint density at radius 1 is 1.09 bits per heavy atom. The molecule has 0 saturated carbocycles. The van der Waals surface area contributed by atoms with Crippen LogP contribution in [0.4, 0.5) is 0 Å². The van der Waals surface area contributed by atoms with Crippen molar-refractivity contribution in [1.29, 1.82) is 0 Å². The quantitative estimate of drug-likeness (QED) is 0.910. The lowest BCUT2D eigenvalue weighted by atomic mass is 9.96. The van der Waals surface area contributed by atoms with E-state index in [0.717, 1.165) is 12.0 Å². The van der Waals surface area contributed by atoms with Gasteiger partial charge in [-0.25, -0.2) is 0 Å². The van der Waals surface area contributed by atoms with Gasteiger partial charge >= 0.3 is 0 Å². The van der Waals surface area contributed by atoms with Gasteiger partial charge < -0.3 is 14.8 Å². The highest BCUT2D eigenvalue weighted by atomic mass is 16.7. The fourth-order valence-electron chi connectivity index (χ4n) is 2.71. The van der Waals surface area contributed by atoms with Crippen LogP contribution < -0.4 is 14.8 Å². The maximum atomic E-state index is 12.6. The molecular formula is C19H21NO3. The van der Waals surface area contributed by atoms with Crippen LogP contribution in [0.25, 0.3) is 0 Å². The van der Waals surface area contributed by atoms with Crippen LogP contribution in [0, 0.1) is 5.92 Å². The van der Waals surface area contributed by atoms with Crippen LogP contribution in [0.15, 0.2) is 48.5 Å². The molecule has 2 aromatic rings. The number of ether oxygens (including phenoxy) is 2. The highest BCUT2D eigenvalue weighted by Crippen LogP contribution is 2.32. The second kappa shape index (κ2) is 6.73. The van der Waals surface area contributed by atoms with Gasteiger partial charge in [0, 0.05) is 5.56 Å². The molecule has 4 heteroatoms. The fourth-order valence-corrected chi connectivity index (χ4v) is 2.71. The van der Waals surface area contributed by atoms with E-state index in [9.17, 15) is 4.79 Å². The Hall–Kier alpha value is -2.49. The Morgan fingerprint density at radius 3 is 2.57 bits per heavy atom. The molecule has 1 amide bonds. The minimum Gasteiger partial charge on any atom is -0.454 e. The summed E-state index contributed by atoms with van der Waals surface area (Å²) in [5, 5.41) is 3.14. The maximum Gasteiger partial charge on any atom is 0.251 e. The first-order valence-electron chi connectivity index (χ1n) is 7.89. The van der Waals surface area contributed by atoms with E-state index >= 15 is 0 Å². The molecule has 1 N–H and O–H groups in total. The second-order valence-electron chi connectivity index (χ2n) is 6.13. The number of hydrogen-bond donors (Lipinski definition) is 1. The third-order valence-electron chi connectivity index (χ3n) is 3.85. The van der Waals surface area contributed by atoms with Crippen LogP contribution in [0.3, 0.4) is 0 Å². The van der Waals surface area contributed by atoms with E-state index < -0.39 is 0 Å². The lowest BCUT2D eigenvalue weighted by Crippen LogP contribution is -2.29. The van der Waals surface area contributed by atoms with Crippen molar-refractivity contribution in [2.45, 2.75) is 26.3 Å². The molecular weight excluding hydrogens is 290 g/mol. The van der Waals surface area contributed by atoms with E-state index in [4.69, 9.17) is 9.47 Å². The van der Waals surface area contributed by atoms with E-state index in [-0.39, 0.29) is 18.7 Å². The van der Waals surface area contributed by atoms with E-state index in [1.807, 2.05) is 30.3 Å². The zero-order valence-corrected chi connectivity index (χ0v) is 13.4.